The number of pyridine rings is 1. The number of benzene rings is 1. The van der Waals surface area contributed by atoms with E-state index in [0.29, 0.717) is 13.0 Å². The first-order chi connectivity index (χ1) is 11.3. The number of hydrogen-bond donors (Lipinski definition) is 1. The third-order valence-corrected chi connectivity index (χ3v) is 3.45. The number of amides is 1. The molecule has 0 unspecified atom stereocenters. The zero-order valence-electron chi connectivity index (χ0n) is 12.7. The van der Waals surface area contributed by atoms with Gasteiger partial charge in [0.1, 0.15) is 0 Å². The normalized spacial score (nSPS) is 10.4. The first kappa shape index (κ1) is 15.0. The van der Waals surface area contributed by atoms with Crippen LogP contribution in [-0.2, 0) is 24.3 Å². The smallest absolute Gasteiger partial charge is 0.224 e. The summed E-state index contributed by atoms with van der Waals surface area (Å²) in [5.74, 6) is -0.0196. The lowest BCUT2D eigenvalue weighted by atomic mass is 10.2. The first-order valence-corrected chi connectivity index (χ1v) is 7.50. The van der Waals surface area contributed by atoms with E-state index in [9.17, 15) is 4.79 Å². The molecule has 116 valence electrons. The maximum Gasteiger partial charge on any atom is 0.224 e. The van der Waals surface area contributed by atoms with Gasteiger partial charge in [-0.1, -0.05) is 36.4 Å². The van der Waals surface area contributed by atoms with E-state index in [1.54, 1.807) is 18.6 Å². The predicted octanol–water partition coefficient (Wildman–Crippen LogP) is 2.19. The van der Waals surface area contributed by atoms with E-state index in [0.717, 1.165) is 17.7 Å². The van der Waals surface area contributed by atoms with Crippen molar-refractivity contribution in [1.82, 2.24) is 20.1 Å². The summed E-state index contributed by atoms with van der Waals surface area (Å²) in [4.78, 5) is 15.9. The van der Waals surface area contributed by atoms with Crippen molar-refractivity contribution in [2.24, 2.45) is 0 Å². The van der Waals surface area contributed by atoms with Crippen molar-refractivity contribution in [3.8, 4) is 0 Å². The monoisotopic (exact) mass is 306 g/mol. The first-order valence-electron chi connectivity index (χ1n) is 7.50. The van der Waals surface area contributed by atoms with Crippen LogP contribution in [-0.4, -0.2) is 20.7 Å². The molecule has 0 spiro atoms. The highest BCUT2D eigenvalue weighted by atomic mass is 16.1. The number of aromatic nitrogens is 3. The van der Waals surface area contributed by atoms with Gasteiger partial charge in [0, 0.05) is 30.7 Å². The molecule has 0 fully saturated rings. The average molecular weight is 306 g/mol. The number of nitrogens with one attached hydrogen (secondary N) is 1. The van der Waals surface area contributed by atoms with Gasteiger partial charge in [0.2, 0.25) is 5.91 Å². The molecular formula is C18H18N4O. The summed E-state index contributed by atoms with van der Waals surface area (Å²) < 4.78 is 1.87. The number of hydrogen-bond acceptors (Lipinski definition) is 3. The second-order valence-electron chi connectivity index (χ2n) is 5.35. The van der Waals surface area contributed by atoms with Gasteiger partial charge in [0.15, 0.2) is 0 Å². The van der Waals surface area contributed by atoms with Crippen LogP contribution in [0.4, 0.5) is 0 Å². The SMILES string of the molecule is O=C(Cc1cccnc1)NCc1cnn(Cc2ccccc2)c1. The van der Waals surface area contributed by atoms with Crippen LogP contribution < -0.4 is 5.32 Å². The molecule has 1 aromatic carbocycles. The van der Waals surface area contributed by atoms with E-state index in [1.807, 2.05) is 41.2 Å². The maximum atomic E-state index is 11.9. The van der Waals surface area contributed by atoms with Gasteiger partial charge < -0.3 is 5.32 Å². The van der Waals surface area contributed by atoms with Crippen LogP contribution in [0, 0.1) is 0 Å². The van der Waals surface area contributed by atoms with Crippen molar-refractivity contribution >= 4 is 5.91 Å². The molecule has 1 amide bonds. The van der Waals surface area contributed by atoms with Crippen LogP contribution in [0.5, 0.6) is 0 Å². The Balaban J connectivity index is 1.50. The fourth-order valence-corrected chi connectivity index (χ4v) is 2.31. The molecular weight excluding hydrogens is 288 g/mol. The van der Waals surface area contributed by atoms with E-state index < -0.39 is 0 Å². The minimum atomic E-state index is -0.0196. The summed E-state index contributed by atoms with van der Waals surface area (Å²) in [7, 11) is 0. The van der Waals surface area contributed by atoms with E-state index in [4.69, 9.17) is 0 Å². The highest BCUT2D eigenvalue weighted by Gasteiger charge is 2.05. The molecule has 2 aromatic heterocycles. The standard InChI is InChI=1S/C18H18N4O/c23-18(9-16-7-4-8-19-10-16)20-11-17-12-21-22(14-17)13-15-5-2-1-3-6-15/h1-8,10,12,14H,9,11,13H2,(H,20,23). The number of nitrogens with zero attached hydrogens (tertiary/aromatic N) is 3. The molecule has 5 heteroatoms. The Morgan fingerprint density at radius 3 is 2.61 bits per heavy atom. The summed E-state index contributed by atoms with van der Waals surface area (Å²) >= 11 is 0. The van der Waals surface area contributed by atoms with Gasteiger partial charge in [0.05, 0.1) is 19.2 Å². The minimum absolute atomic E-state index is 0.0196. The number of carbonyl (C=O) groups is 1. The summed E-state index contributed by atoms with van der Waals surface area (Å²) in [5.41, 5.74) is 3.09. The third kappa shape index (κ3) is 4.51. The fraction of sp³-hybridized carbons (Fsp3) is 0.167. The number of carbonyl (C=O) groups excluding carboxylic acids is 1. The van der Waals surface area contributed by atoms with Crippen LogP contribution in [0.1, 0.15) is 16.7 Å². The lowest BCUT2D eigenvalue weighted by molar-refractivity contribution is -0.120. The lowest BCUT2D eigenvalue weighted by Crippen LogP contribution is -2.24. The zero-order valence-corrected chi connectivity index (χ0v) is 12.7. The largest absolute Gasteiger partial charge is 0.352 e. The van der Waals surface area contributed by atoms with Crippen LogP contribution in [0.2, 0.25) is 0 Å². The van der Waals surface area contributed by atoms with Crippen molar-refractivity contribution < 1.29 is 4.79 Å². The highest BCUT2D eigenvalue weighted by Crippen LogP contribution is 2.04. The molecule has 5 nitrogen and oxygen atoms in total. The second kappa shape index (κ2) is 7.35. The zero-order chi connectivity index (χ0) is 15.9. The fourth-order valence-electron chi connectivity index (χ4n) is 2.31. The third-order valence-electron chi connectivity index (χ3n) is 3.45. The Hall–Kier alpha value is -2.95. The van der Waals surface area contributed by atoms with E-state index in [1.165, 1.54) is 5.56 Å². The molecule has 3 rings (SSSR count). The predicted molar refractivity (Wildman–Crippen MR) is 87.6 cm³/mol. The molecule has 0 bridgehead atoms. The topological polar surface area (TPSA) is 59.8 Å². The summed E-state index contributed by atoms with van der Waals surface area (Å²) in [6.45, 7) is 1.21. The molecule has 0 saturated carbocycles. The Morgan fingerprint density at radius 2 is 1.83 bits per heavy atom. The van der Waals surface area contributed by atoms with E-state index in [2.05, 4.69) is 27.5 Å². The van der Waals surface area contributed by atoms with Crippen molar-refractivity contribution in [3.63, 3.8) is 0 Å². The van der Waals surface area contributed by atoms with Gasteiger partial charge in [-0.25, -0.2) is 0 Å². The molecule has 0 aliphatic heterocycles. The Bertz CT molecular complexity index is 753. The molecule has 0 radical (unpaired) electrons. The Morgan fingerprint density at radius 1 is 1.00 bits per heavy atom. The average Bonchev–Trinajstić information content (AvgIpc) is 3.02. The van der Waals surface area contributed by atoms with E-state index in [-0.39, 0.29) is 5.91 Å². The molecule has 1 N–H and O–H groups in total. The summed E-state index contributed by atoms with van der Waals surface area (Å²) in [6.07, 6.45) is 7.48. The Kier molecular flexibility index (Phi) is 4.79. The van der Waals surface area contributed by atoms with Gasteiger partial charge in [0.25, 0.3) is 0 Å². The van der Waals surface area contributed by atoms with Gasteiger partial charge >= 0.3 is 0 Å². The van der Waals surface area contributed by atoms with Crippen molar-refractivity contribution in [3.05, 3.63) is 83.9 Å². The quantitative estimate of drug-likeness (QED) is 0.759. The van der Waals surface area contributed by atoms with Crippen molar-refractivity contribution in [1.29, 1.82) is 0 Å². The minimum Gasteiger partial charge on any atom is -0.352 e. The van der Waals surface area contributed by atoms with Crippen LogP contribution in [0.3, 0.4) is 0 Å². The van der Waals surface area contributed by atoms with Gasteiger partial charge in [-0.05, 0) is 17.2 Å². The molecule has 23 heavy (non-hydrogen) atoms. The van der Waals surface area contributed by atoms with E-state index >= 15 is 0 Å². The van der Waals surface area contributed by atoms with Crippen molar-refractivity contribution in [2.75, 3.05) is 0 Å². The molecule has 0 aliphatic carbocycles. The van der Waals surface area contributed by atoms with Gasteiger partial charge in [-0.2, -0.15) is 5.10 Å². The molecule has 0 saturated heterocycles. The molecule has 3 aromatic rings. The Labute approximate surface area is 135 Å². The van der Waals surface area contributed by atoms with Gasteiger partial charge in [-0.3, -0.25) is 14.5 Å². The summed E-state index contributed by atoms with van der Waals surface area (Å²) in [5, 5.41) is 7.23. The molecule has 0 atom stereocenters. The lowest BCUT2D eigenvalue weighted by Gasteiger charge is -2.03. The highest BCUT2D eigenvalue weighted by molar-refractivity contribution is 5.78. The van der Waals surface area contributed by atoms with Gasteiger partial charge in [-0.15, -0.1) is 0 Å². The van der Waals surface area contributed by atoms with Crippen molar-refractivity contribution in [2.45, 2.75) is 19.5 Å². The van der Waals surface area contributed by atoms with Crippen LogP contribution in [0.25, 0.3) is 0 Å². The number of rotatable bonds is 6. The maximum absolute atomic E-state index is 11.9. The molecule has 0 aliphatic rings. The molecule has 2 heterocycles. The van der Waals surface area contributed by atoms with Crippen LogP contribution >= 0.6 is 0 Å². The van der Waals surface area contributed by atoms with Crippen LogP contribution in [0.15, 0.2) is 67.3 Å². The summed E-state index contributed by atoms with van der Waals surface area (Å²) in [6, 6.07) is 13.9. The second-order valence-corrected chi connectivity index (χ2v) is 5.35.